The average molecular weight is 298 g/mol. The van der Waals surface area contributed by atoms with E-state index in [1.54, 1.807) is 13.0 Å². The summed E-state index contributed by atoms with van der Waals surface area (Å²) in [5.74, 6) is 0. The fourth-order valence-corrected chi connectivity index (χ4v) is 2.31. The number of rotatable bonds is 2. The minimum Gasteiger partial charge on any atom is -0.399 e. The lowest BCUT2D eigenvalue weighted by Gasteiger charge is -2.32. The van der Waals surface area contributed by atoms with Crippen molar-refractivity contribution in [1.29, 1.82) is 0 Å². The topological polar surface area (TPSA) is 61.6 Å². The monoisotopic (exact) mass is 297 g/mol. The number of nitro groups is 1. The summed E-state index contributed by atoms with van der Waals surface area (Å²) in [6, 6.07) is 3.00. The third-order valence-electron chi connectivity index (χ3n) is 4.09. The van der Waals surface area contributed by atoms with Gasteiger partial charge in [0, 0.05) is 16.7 Å². The van der Waals surface area contributed by atoms with Crippen molar-refractivity contribution in [2.45, 2.75) is 45.8 Å². The van der Waals surface area contributed by atoms with Crippen molar-refractivity contribution >= 4 is 29.9 Å². The van der Waals surface area contributed by atoms with Crippen molar-refractivity contribution in [2.24, 2.45) is 0 Å². The van der Waals surface area contributed by atoms with E-state index in [9.17, 15) is 10.1 Å². The molecule has 1 aliphatic rings. The summed E-state index contributed by atoms with van der Waals surface area (Å²) >= 11 is 5.97. The molecule has 0 radical (unpaired) electrons. The zero-order valence-electron chi connectivity index (χ0n) is 12.2. The van der Waals surface area contributed by atoms with Crippen LogP contribution in [0.3, 0.4) is 0 Å². The van der Waals surface area contributed by atoms with Crippen LogP contribution in [-0.2, 0) is 9.31 Å². The van der Waals surface area contributed by atoms with Gasteiger partial charge in [-0.3, -0.25) is 10.1 Å². The van der Waals surface area contributed by atoms with Crippen molar-refractivity contribution < 1.29 is 14.2 Å². The fourth-order valence-electron chi connectivity index (χ4n) is 2.09. The molecule has 1 aromatic carbocycles. The Kier molecular flexibility index (Phi) is 3.61. The highest BCUT2D eigenvalue weighted by Gasteiger charge is 2.52. The first-order valence-corrected chi connectivity index (χ1v) is 6.73. The van der Waals surface area contributed by atoms with E-state index in [0.717, 1.165) is 0 Å². The smallest absolute Gasteiger partial charge is 0.399 e. The summed E-state index contributed by atoms with van der Waals surface area (Å²) in [5.41, 5.74) is 0.0885. The summed E-state index contributed by atoms with van der Waals surface area (Å²) in [6.45, 7) is 9.40. The highest BCUT2D eigenvalue weighted by atomic mass is 35.5. The molecule has 0 amide bonds. The van der Waals surface area contributed by atoms with Gasteiger partial charge in [-0.1, -0.05) is 11.6 Å². The van der Waals surface area contributed by atoms with Crippen molar-refractivity contribution in [3.63, 3.8) is 0 Å². The van der Waals surface area contributed by atoms with E-state index in [1.807, 2.05) is 27.7 Å². The molecule has 0 saturated carbocycles. The van der Waals surface area contributed by atoms with Gasteiger partial charge in [-0.15, -0.1) is 0 Å². The highest BCUT2D eigenvalue weighted by Crippen LogP contribution is 2.37. The van der Waals surface area contributed by atoms with E-state index in [-0.39, 0.29) is 5.69 Å². The van der Waals surface area contributed by atoms with E-state index in [2.05, 4.69) is 0 Å². The molecule has 0 spiro atoms. The van der Waals surface area contributed by atoms with Gasteiger partial charge in [0.25, 0.3) is 5.69 Å². The lowest BCUT2D eigenvalue weighted by atomic mass is 9.76. The van der Waals surface area contributed by atoms with E-state index in [1.165, 1.54) is 6.07 Å². The first-order chi connectivity index (χ1) is 9.05. The summed E-state index contributed by atoms with van der Waals surface area (Å²) in [4.78, 5) is 10.6. The zero-order chi connectivity index (χ0) is 15.3. The molecule has 1 saturated heterocycles. The minimum atomic E-state index is -0.655. The van der Waals surface area contributed by atoms with Crippen LogP contribution in [0, 0.1) is 17.0 Å². The Bertz CT molecular complexity index is 558. The quantitative estimate of drug-likeness (QED) is 0.478. The van der Waals surface area contributed by atoms with Gasteiger partial charge in [-0.25, -0.2) is 0 Å². The normalized spacial score (nSPS) is 20.2. The van der Waals surface area contributed by atoms with Crippen LogP contribution in [0.15, 0.2) is 12.1 Å². The van der Waals surface area contributed by atoms with Crippen LogP contribution >= 0.6 is 11.6 Å². The summed E-state index contributed by atoms with van der Waals surface area (Å²) in [7, 11) is -0.655. The third kappa shape index (κ3) is 2.43. The summed E-state index contributed by atoms with van der Waals surface area (Å²) < 4.78 is 11.8. The molecule has 0 N–H and O–H groups in total. The molecule has 1 heterocycles. The molecule has 0 bridgehead atoms. The Morgan fingerprint density at radius 1 is 1.20 bits per heavy atom. The molecule has 0 atom stereocenters. The molecule has 1 aromatic rings. The Morgan fingerprint density at radius 2 is 1.70 bits per heavy atom. The maximum atomic E-state index is 11.1. The minimum absolute atomic E-state index is 0.0257. The molecule has 7 heteroatoms. The number of nitrogens with zero attached hydrogens (tertiary/aromatic N) is 1. The molecule has 0 unspecified atom stereocenters. The molecular weight excluding hydrogens is 280 g/mol. The predicted octanol–water partition coefficient (Wildman–Crippen LogP) is 2.86. The maximum absolute atomic E-state index is 11.1. The second-order valence-corrected chi connectivity index (χ2v) is 6.42. The lowest BCUT2D eigenvalue weighted by Crippen LogP contribution is -2.41. The number of benzene rings is 1. The van der Waals surface area contributed by atoms with Crippen molar-refractivity contribution in [1.82, 2.24) is 0 Å². The Balaban J connectivity index is 2.48. The van der Waals surface area contributed by atoms with Gasteiger partial charge >= 0.3 is 7.12 Å². The second-order valence-electron chi connectivity index (χ2n) is 5.98. The number of nitro benzene ring substituents is 1. The first kappa shape index (κ1) is 15.3. The second kappa shape index (κ2) is 4.72. The van der Waals surface area contributed by atoms with Gasteiger partial charge in [0.1, 0.15) is 0 Å². The average Bonchev–Trinajstić information content (AvgIpc) is 2.50. The van der Waals surface area contributed by atoms with Crippen LogP contribution < -0.4 is 5.46 Å². The largest absolute Gasteiger partial charge is 0.495 e. The van der Waals surface area contributed by atoms with Gasteiger partial charge in [0.2, 0.25) is 0 Å². The standard InChI is InChI=1S/C13H17BClNO4/c1-8-10(6-9(15)7-11(8)16(17)18)14-19-12(2,3)13(4,5)20-14/h6-7H,1-5H3. The van der Waals surface area contributed by atoms with Crippen LogP contribution in [0.2, 0.25) is 5.02 Å². The van der Waals surface area contributed by atoms with E-state index in [4.69, 9.17) is 20.9 Å². The number of hydrogen-bond acceptors (Lipinski definition) is 4. The Labute approximate surface area is 123 Å². The van der Waals surface area contributed by atoms with Crippen LogP contribution in [0.25, 0.3) is 0 Å². The number of hydrogen-bond donors (Lipinski definition) is 0. The Hall–Kier alpha value is -1.11. The zero-order valence-corrected chi connectivity index (χ0v) is 12.9. The van der Waals surface area contributed by atoms with Gasteiger partial charge in [-0.2, -0.15) is 0 Å². The van der Waals surface area contributed by atoms with Gasteiger partial charge in [0.15, 0.2) is 0 Å². The van der Waals surface area contributed by atoms with Crippen molar-refractivity contribution in [3.05, 3.63) is 32.8 Å². The SMILES string of the molecule is Cc1c(B2OC(C)(C)C(C)(C)O2)cc(Cl)cc1[N+](=O)[O-]. The lowest BCUT2D eigenvalue weighted by molar-refractivity contribution is -0.385. The third-order valence-corrected chi connectivity index (χ3v) is 4.31. The number of halogens is 1. The molecule has 1 fully saturated rings. The van der Waals surface area contributed by atoms with Crippen LogP contribution in [0.4, 0.5) is 5.69 Å². The molecule has 2 rings (SSSR count). The molecule has 20 heavy (non-hydrogen) atoms. The molecule has 5 nitrogen and oxygen atoms in total. The van der Waals surface area contributed by atoms with E-state index >= 15 is 0 Å². The first-order valence-electron chi connectivity index (χ1n) is 6.35. The van der Waals surface area contributed by atoms with Crippen LogP contribution in [0.1, 0.15) is 33.3 Å². The van der Waals surface area contributed by atoms with Crippen LogP contribution in [-0.4, -0.2) is 23.2 Å². The Morgan fingerprint density at radius 3 is 2.15 bits per heavy atom. The fraction of sp³-hybridized carbons (Fsp3) is 0.538. The molecule has 108 valence electrons. The van der Waals surface area contributed by atoms with Crippen LogP contribution in [0.5, 0.6) is 0 Å². The van der Waals surface area contributed by atoms with Crippen molar-refractivity contribution in [3.8, 4) is 0 Å². The molecule has 0 aromatic heterocycles. The van der Waals surface area contributed by atoms with Crippen molar-refractivity contribution in [2.75, 3.05) is 0 Å². The predicted molar refractivity (Wildman–Crippen MR) is 78.6 cm³/mol. The van der Waals surface area contributed by atoms with E-state index < -0.39 is 23.2 Å². The summed E-state index contributed by atoms with van der Waals surface area (Å²) in [5, 5.41) is 11.4. The molecular formula is C13H17BClNO4. The molecule has 1 aliphatic heterocycles. The maximum Gasteiger partial charge on any atom is 0.495 e. The van der Waals surface area contributed by atoms with E-state index in [0.29, 0.717) is 16.0 Å². The summed E-state index contributed by atoms with van der Waals surface area (Å²) in [6.07, 6.45) is 0. The highest BCUT2D eigenvalue weighted by molar-refractivity contribution is 6.63. The van der Waals surface area contributed by atoms with Gasteiger partial charge in [0.05, 0.1) is 16.1 Å². The molecule has 0 aliphatic carbocycles. The van der Waals surface area contributed by atoms with Gasteiger partial charge in [-0.05, 0) is 46.1 Å². The van der Waals surface area contributed by atoms with Gasteiger partial charge < -0.3 is 9.31 Å².